The van der Waals surface area contributed by atoms with Crippen molar-refractivity contribution in [2.24, 2.45) is 0 Å². The van der Waals surface area contributed by atoms with Gasteiger partial charge in [0, 0.05) is 18.3 Å². The molecule has 19 heavy (non-hydrogen) atoms. The summed E-state index contributed by atoms with van der Waals surface area (Å²) in [6.45, 7) is 8.04. The van der Waals surface area contributed by atoms with Gasteiger partial charge >= 0.3 is 0 Å². The molecule has 4 heteroatoms. The van der Waals surface area contributed by atoms with Crippen LogP contribution in [0.15, 0.2) is 18.2 Å². The van der Waals surface area contributed by atoms with Crippen LogP contribution in [-0.4, -0.2) is 42.4 Å². The number of thioether (sulfide) groups is 1. The van der Waals surface area contributed by atoms with E-state index in [1.54, 1.807) is 0 Å². The molecule has 0 radical (unpaired) electrons. The Morgan fingerprint density at radius 1 is 1.21 bits per heavy atom. The van der Waals surface area contributed by atoms with Crippen molar-refractivity contribution in [3.63, 3.8) is 0 Å². The topological polar surface area (TPSA) is 41.5 Å². The van der Waals surface area contributed by atoms with Crippen LogP contribution in [0.1, 0.15) is 18.1 Å². The van der Waals surface area contributed by atoms with Gasteiger partial charge in [-0.25, -0.2) is 0 Å². The van der Waals surface area contributed by atoms with Crippen LogP contribution in [-0.2, 0) is 0 Å². The monoisotopic (exact) mass is 283 g/mol. The fraction of sp³-hybridized carbons (Fsp3) is 0.600. The zero-order valence-electron chi connectivity index (χ0n) is 12.3. The fourth-order valence-corrected chi connectivity index (χ4v) is 2.09. The van der Waals surface area contributed by atoms with Gasteiger partial charge in [-0.1, -0.05) is 13.0 Å². The highest BCUT2D eigenvalue weighted by atomic mass is 32.2. The van der Waals surface area contributed by atoms with Gasteiger partial charge in [-0.3, -0.25) is 0 Å². The molecule has 0 fully saturated rings. The summed E-state index contributed by atoms with van der Waals surface area (Å²) in [5, 5.41) is 13.6. The van der Waals surface area contributed by atoms with Gasteiger partial charge in [-0.15, -0.1) is 0 Å². The summed E-state index contributed by atoms with van der Waals surface area (Å²) < 4.78 is 5.62. The molecule has 0 saturated carbocycles. The molecule has 2 unspecified atom stereocenters. The first-order valence-electron chi connectivity index (χ1n) is 6.64. The Morgan fingerprint density at radius 2 is 1.84 bits per heavy atom. The standard InChI is InChI=1S/C15H25NO2S/c1-11-5-12(2)7-15(6-11)18-10-14(17)9-16-8-13(3)19-4/h5-7,13-14,16-17H,8-10H2,1-4H3. The normalized spacial score (nSPS) is 14.2. The summed E-state index contributed by atoms with van der Waals surface area (Å²) >= 11 is 1.81. The highest BCUT2D eigenvalue weighted by Gasteiger charge is 2.06. The van der Waals surface area contributed by atoms with Crippen LogP contribution >= 0.6 is 11.8 Å². The Labute approximate surface area is 120 Å². The number of benzene rings is 1. The van der Waals surface area contributed by atoms with Gasteiger partial charge in [0.15, 0.2) is 0 Å². The second-order valence-corrected chi connectivity index (χ2v) is 6.27. The van der Waals surface area contributed by atoms with Crippen molar-refractivity contribution in [3.8, 4) is 5.75 Å². The number of nitrogens with one attached hydrogen (secondary N) is 1. The lowest BCUT2D eigenvalue weighted by Crippen LogP contribution is -2.34. The third-order valence-electron chi connectivity index (χ3n) is 2.85. The van der Waals surface area contributed by atoms with Crippen LogP contribution in [0.2, 0.25) is 0 Å². The van der Waals surface area contributed by atoms with E-state index in [1.165, 1.54) is 11.1 Å². The number of ether oxygens (including phenoxy) is 1. The quantitative estimate of drug-likeness (QED) is 0.768. The smallest absolute Gasteiger partial charge is 0.119 e. The van der Waals surface area contributed by atoms with E-state index >= 15 is 0 Å². The average Bonchev–Trinajstić information content (AvgIpc) is 2.35. The Bertz CT molecular complexity index is 364. The van der Waals surface area contributed by atoms with Crippen LogP contribution in [0.4, 0.5) is 0 Å². The summed E-state index contributed by atoms with van der Waals surface area (Å²) in [4.78, 5) is 0. The molecule has 3 nitrogen and oxygen atoms in total. The molecule has 0 saturated heterocycles. The lowest BCUT2D eigenvalue weighted by molar-refractivity contribution is 0.106. The van der Waals surface area contributed by atoms with E-state index in [-0.39, 0.29) is 0 Å². The maximum Gasteiger partial charge on any atom is 0.119 e. The molecule has 1 aromatic carbocycles. The van der Waals surface area contributed by atoms with Crippen molar-refractivity contribution in [2.45, 2.75) is 32.1 Å². The number of aliphatic hydroxyl groups is 1. The second-order valence-electron chi connectivity index (χ2n) is 4.99. The second kappa shape index (κ2) is 8.46. The number of hydrogen-bond donors (Lipinski definition) is 2. The number of rotatable bonds is 8. The third-order valence-corrected chi connectivity index (χ3v) is 3.82. The summed E-state index contributed by atoms with van der Waals surface area (Å²) in [6.07, 6.45) is 1.61. The number of aryl methyl sites for hydroxylation is 2. The molecule has 0 bridgehead atoms. The lowest BCUT2D eigenvalue weighted by Gasteiger charge is -2.15. The Hall–Kier alpha value is -0.710. The van der Waals surface area contributed by atoms with E-state index in [1.807, 2.05) is 37.7 Å². The van der Waals surface area contributed by atoms with E-state index in [9.17, 15) is 5.11 Å². The summed E-state index contributed by atoms with van der Waals surface area (Å²) in [5.74, 6) is 0.828. The van der Waals surface area contributed by atoms with Crippen molar-refractivity contribution in [3.05, 3.63) is 29.3 Å². The average molecular weight is 283 g/mol. The highest BCUT2D eigenvalue weighted by molar-refractivity contribution is 7.99. The van der Waals surface area contributed by atoms with Crippen molar-refractivity contribution in [1.29, 1.82) is 0 Å². The van der Waals surface area contributed by atoms with Crippen LogP contribution in [0.25, 0.3) is 0 Å². The number of aliphatic hydroxyl groups excluding tert-OH is 1. The summed E-state index contributed by atoms with van der Waals surface area (Å²) in [5.41, 5.74) is 2.35. The van der Waals surface area contributed by atoms with E-state index in [4.69, 9.17) is 4.74 Å². The van der Waals surface area contributed by atoms with Gasteiger partial charge in [0.2, 0.25) is 0 Å². The van der Waals surface area contributed by atoms with Gasteiger partial charge in [0.25, 0.3) is 0 Å². The third kappa shape index (κ3) is 6.85. The minimum absolute atomic E-state index is 0.323. The SMILES string of the molecule is CSC(C)CNCC(O)COc1cc(C)cc(C)c1. The van der Waals surface area contributed by atoms with Crippen molar-refractivity contribution in [1.82, 2.24) is 5.32 Å². The number of hydrogen-bond acceptors (Lipinski definition) is 4. The van der Waals surface area contributed by atoms with E-state index in [0.29, 0.717) is 18.4 Å². The molecule has 108 valence electrons. The molecule has 0 aliphatic rings. The molecule has 0 heterocycles. The zero-order valence-corrected chi connectivity index (χ0v) is 13.1. The van der Waals surface area contributed by atoms with Gasteiger partial charge in [-0.2, -0.15) is 11.8 Å². The van der Waals surface area contributed by atoms with Crippen LogP contribution in [0.5, 0.6) is 5.75 Å². The molecular formula is C15H25NO2S. The maximum atomic E-state index is 9.84. The predicted octanol–water partition coefficient (Wildman–Crippen LogP) is 2.38. The molecule has 1 aromatic rings. The van der Waals surface area contributed by atoms with Crippen LogP contribution in [0, 0.1) is 13.8 Å². The van der Waals surface area contributed by atoms with Gasteiger partial charge < -0.3 is 15.2 Å². The fourth-order valence-electron chi connectivity index (χ4n) is 1.80. The molecule has 0 spiro atoms. The lowest BCUT2D eigenvalue weighted by atomic mass is 10.1. The minimum Gasteiger partial charge on any atom is -0.491 e. The Kier molecular flexibility index (Phi) is 7.28. The van der Waals surface area contributed by atoms with Crippen LogP contribution < -0.4 is 10.1 Å². The molecule has 0 aliphatic heterocycles. The summed E-state index contributed by atoms with van der Waals surface area (Å²) in [7, 11) is 0. The van der Waals surface area contributed by atoms with Crippen molar-refractivity contribution < 1.29 is 9.84 Å². The molecule has 1 rings (SSSR count). The Balaban J connectivity index is 2.27. The molecule has 2 atom stereocenters. The maximum absolute atomic E-state index is 9.84. The highest BCUT2D eigenvalue weighted by Crippen LogP contribution is 2.16. The van der Waals surface area contributed by atoms with E-state index < -0.39 is 6.10 Å². The van der Waals surface area contributed by atoms with Crippen molar-refractivity contribution >= 4 is 11.8 Å². The molecule has 0 amide bonds. The van der Waals surface area contributed by atoms with Gasteiger partial charge in [-0.05, 0) is 43.4 Å². The first kappa shape index (κ1) is 16.3. The predicted molar refractivity (Wildman–Crippen MR) is 83.3 cm³/mol. The zero-order chi connectivity index (χ0) is 14.3. The first-order chi connectivity index (χ1) is 9.01. The molecule has 0 aliphatic carbocycles. The summed E-state index contributed by atoms with van der Waals surface area (Å²) in [6, 6.07) is 6.08. The van der Waals surface area contributed by atoms with E-state index in [0.717, 1.165) is 12.3 Å². The van der Waals surface area contributed by atoms with E-state index in [2.05, 4.69) is 24.6 Å². The van der Waals surface area contributed by atoms with Crippen molar-refractivity contribution in [2.75, 3.05) is 26.0 Å². The first-order valence-corrected chi connectivity index (χ1v) is 7.92. The van der Waals surface area contributed by atoms with Gasteiger partial charge in [0.1, 0.15) is 18.5 Å². The Morgan fingerprint density at radius 3 is 2.42 bits per heavy atom. The molecular weight excluding hydrogens is 258 g/mol. The molecule has 0 aromatic heterocycles. The molecule has 2 N–H and O–H groups in total. The minimum atomic E-state index is -0.477. The van der Waals surface area contributed by atoms with Crippen LogP contribution in [0.3, 0.4) is 0 Å². The largest absolute Gasteiger partial charge is 0.491 e. The van der Waals surface area contributed by atoms with Gasteiger partial charge in [0.05, 0.1) is 0 Å².